The summed E-state index contributed by atoms with van der Waals surface area (Å²) in [5.41, 5.74) is 0.685. The summed E-state index contributed by atoms with van der Waals surface area (Å²) in [4.78, 5) is 2.47. The Morgan fingerprint density at radius 1 is 1.20 bits per heavy atom. The molecule has 0 amide bonds. The highest BCUT2D eigenvalue weighted by molar-refractivity contribution is 6.33. The molecule has 20 heavy (non-hydrogen) atoms. The lowest BCUT2D eigenvalue weighted by atomic mass is 10.1. The second kappa shape index (κ2) is 8.20. The first-order chi connectivity index (χ1) is 9.66. The lowest BCUT2D eigenvalue weighted by molar-refractivity contribution is 0.170. The fraction of sp³-hybridized carbons (Fsp3) is 0.600. The normalized spacial score (nSPS) is 18.1. The van der Waals surface area contributed by atoms with Gasteiger partial charge in [-0.3, -0.25) is 0 Å². The van der Waals surface area contributed by atoms with Crippen molar-refractivity contribution in [3.05, 3.63) is 33.8 Å². The molecule has 2 N–H and O–H groups in total. The molecule has 1 aromatic rings. The van der Waals surface area contributed by atoms with Crippen LogP contribution in [0.2, 0.25) is 10.0 Å². The van der Waals surface area contributed by atoms with E-state index in [1.807, 2.05) is 0 Å². The van der Waals surface area contributed by atoms with Gasteiger partial charge in [0.2, 0.25) is 0 Å². The molecule has 2 rings (SSSR count). The first kappa shape index (κ1) is 16.1. The molecule has 5 heteroatoms. The number of piperidine rings is 1. The standard InChI is InChI=1S/C15H22Cl2N2O/c16-12-4-5-14(17)13(10-12)15(20)11-18-6-9-19-7-2-1-3-8-19/h4-5,10,15,18,20H,1-3,6-9,11H2. The zero-order valence-electron chi connectivity index (χ0n) is 11.6. The van der Waals surface area contributed by atoms with Crippen molar-refractivity contribution in [1.82, 2.24) is 10.2 Å². The third kappa shape index (κ3) is 4.90. The largest absolute Gasteiger partial charge is 0.387 e. The SMILES string of the molecule is OC(CNCCN1CCCCC1)c1cc(Cl)ccc1Cl. The Morgan fingerprint density at radius 3 is 2.70 bits per heavy atom. The van der Waals surface area contributed by atoms with Crippen LogP contribution in [-0.4, -0.2) is 42.7 Å². The fourth-order valence-corrected chi connectivity index (χ4v) is 2.96. The lowest BCUT2D eigenvalue weighted by Crippen LogP contribution is -2.36. The maximum atomic E-state index is 10.1. The molecule has 0 saturated carbocycles. The van der Waals surface area contributed by atoms with E-state index < -0.39 is 6.10 Å². The van der Waals surface area contributed by atoms with Crippen LogP contribution in [-0.2, 0) is 0 Å². The van der Waals surface area contributed by atoms with Gasteiger partial charge in [0, 0.05) is 35.2 Å². The van der Waals surface area contributed by atoms with Gasteiger partial charge >= 0.3 is 0 Å². The van der Waals surface area contributed by atoms with Crippen LogP contribution in [0.25, 0.3) is 0 Å². The predicted molar refractivity (Wildman–Crippen MR) is 84.6 cm³/mol. The monoisotopic (exact) mass is 316 g/mol. The summed E-state index contributed by atoms with van der Waals surface area (Å²) in [6.07, 6.45) is 3.35. The number of likely N-dealkylation sites (tertiary alicyclic amines) is 1. The van der Waals surface area contributed by atoms with Crippen molar-refractivity contribution in [3.8, 4) is 0 Å². The van der Waals surface area contributed by atoms with Gasteiger partial charge in [0.1, 0.15) is 0 Å². The van der Waals surface area contributed by atoms with Gasteiger partial charge in [-0.15, -0.1) is 0 Å². The zero-order chi connectivity index (χ0) is 14.4. The van der Waals surface area contributed by atoms with Gasteiger partial charge in [-0.1, -0.05) is 29.6 Å². The molecule has 1 heterocycles. The number of hydrogen-bond donors (Lipinski definition) is 2. The average Bonchev–Trinajstić information content (AvgIpc) is 2.47. The first-order valence-electron chi connectivity index (χ1n) is 7.23. The van der Waals surface area contributed by atoms with Gasteiger partial charge in [0.15, 0.2) is 0 Å². The molecule has 1 aliphatic rings. The molecule has 1 saturated heterocycles. The van der Waals surface area contributed by atoms with Gasteiger partial charge in [0.05, 0.1) is 6.10 Å². The summed E-state index contributed by atoms with van der Waals surface area (Å²) < 4.78 is 0. The Morgan fingerprint density at radius 2 is 1.95 bits per heavy atom. The highest BCUT2D eigenvalue weighted by atomic mass is 35.5. The van der Waals surface area contributed by atoms with Gasteiger partial charge < -0.3 is 15.3 Å². The molecule has 1 atom stereocenters. The molecule has 0 spiro atoms. The van der Waals surface area contributed by atoms with E-state index in [9.17, 15) is 5.11 Å². The van der Waals surface area contributed by atoms with E-state index in [1.54, 1.807) is 18.2 Å². The van der Waals surface area contributed by atoms with Crippen LogP contribution in [0.4, 0.5) is 0 Å². The maximum Gasteiger partial charge on any atom is 0.0929 e. The number of aliphatic hydroxyl groups excluding tert-OH is 1. The van der Waals surface area contributed by atoms with E-state index in [1.165, 1.54) is 32.4 Å². The third-order valence-electron chi connectivity index (χ3n) is 3.71. The summed E-state index contributed by atoms with van der Waals surface area (Å²) >= 11 is 12.0. The maximum absolute atomic E-state index is 10.1. The topological polar surface area (TPSA) is 35.5 Å². The Labute approximate surface area is 130 Å². The fourth-order valence-electron chi connectivity index (χ4n) is 2.54. The molecule has 1 aliphatic heterocycles. The summed E-state index contributed by atoms with van der Waals surface area (Å²) in [6, 6.07) is 5.17. The Kier molecular flexibility index (Phi) is 6.59. The van der Waals surface area contributed by atoms with E-state index in [0.717, 1.165) is 13.1 Å². The third-order valence-corrected chi connectivity index (χ3v) is 4.29. The highest BCUT2D eigenvalue weighted by Crippen LogP contribution is 2.25. The van der Waals surface area contributed by atoms with Crippen LogP contribution in [0, 0.1) is 0 Å². The number of hydrogen-bond acceptors (Lipinski definition) is 3. The molecule has 1 unspecified atom stereocenters. The Bertz CT molecular complexity index is 422. The van der Waals surface area contributed by atoms with Crippen molar-refractivity contribution < 1.29 is 5.11 Å². The summed E-state index contributed by atoms with van der Waals surface area (Å²) in [6.45, 7) is 4.81. The van der Waals surface area contributed by atoms with Gasteiger partial charge in [-0.2, -0.15) is 0 Å². The molecule has 1 aromatic carbocycles. The van der Waals surface area contributed by atoms with Crippen molar-refractivity contribution in [3.63, 3.8) is 0 Å². The van der Waals surface area contributed by atoms with E-state index in [0.29, 0.717) is 22.2 Å². The van der Waals surface area contributed by atoms with Crippen molar-refractivity contribution >= 4 is 23.2 Å². The minimum absolute atomic E-state index is 0.494. The van der Waals surface area contributed by atoms with Gasteiger partial charge in [-0.05, 0) is 44.1 Å². The van der Waals surface area contributed by atoms with Crippen LogP contribution in [0.3, 0.4) is 0 Å². The van der Waals surface area contributed by atoms with E-state index >= 15 is 0 Å². The molecule has 0 bridgehead atoms. The van der Waals surface area contributed by atoms with Crippen LogP contribution < -0.4 is 5.32 Å². The van der Waals surface area contributed by atoms with E-state index in [2.05, 4.69) is 10.2 Å². The van der Waals surface area contributed by atoms with E-state index in [-0.39, 0.29) is 0 Å². The summed E-state index contributed by atoms with van der Waals surface area (Å²) in [5, 5.41) is 14.6. The molecule has 3 nitrogen and oxygen atoms in total. The summed E-state index contributed by atoms with van der Waals surface area (Å²) in [7, 11) is 0. The van der Waals surface area contributed by atoms with Gasteiger partial charge in [-0.25, -0.2) is 0 Å². The van der Waals surface area contributed by atoms with Crippen molar-refractivity contribution in [2.45, 2.75) is 25.4 Å². The number of rotatable bonds is 6. The molecule has 112 valence electrons. The highest BCUT2D eigenvalue weighted by Gasteiger charge is 2.13. The number of aliphatic hydroxyl groups is 1. The number of nitrogens with zero attached hydrogens (tertiary/aromatic N) is 1. The zero-order valence-corrected chi connectivity index (χ0v) is 13.1. The van der Waals surface area contributed by atoms with Crippen LogP contribution >= 0.6 is 23.2 Å². The Hall–Kier alpha value is -0.320. The predicted octanol–water partition coefficient (Wildman–Crippen LogP) is 3.10. The van der Waals surface area contributed by atoms with Crippen LogP contribution in [0.1, 0.15) is 30.9 Å². The molecular weight excluding hydrogens is 295 g/mol. The van der Waals surface area contributed by atoms with Crippen molar-refractivity contribution in [2.24, 2.45) is 0 Å². The molecule has 0 radical (unpaired) electrons. The molecule has 0 aliphatic carbocycles. The minimum Gasteiger partial charge on any atom is -0.387 e. The van der Waals surface area contributed by atoms with Crippen LogP contribution in [0.5, 0.6) is 0 Å². The Balaban J connectivity index is 1.71. The number of benzene rings is 1. The van der Waals surface area contributed by atoms with Crippen LogP contribution in [0.15, 0.2) is 18.2 Å². The van der Waals surface area contributed by atoms with Crippen molar-refractivity contribution in [2.75, 3.05) is 32.7 Å². The quantitative estimate of drug-likeness (QED) is 0.792. The summed E-state index contributed by atoms with van der Waals surface area (Å²) in [5.74, 6) is 0. The second-order valence-electron chi connectivity index (χ2n) is 5.29. The van der Waals surface area contributed by atoms with Crippen molar-refractivity contribution in [1.29, 1.82) is 0 Å². The number of nitrogens with one attached hydrogen (secondary N) is 1. The first-order valence-corrected chi connectivity index (χ1v) is 7.98. The number of halogens is 2. The molecular formula is C15H22Cl2N2O. The molecule has 0 aromatic heterocycles. The smallest absolute Gasteiger partial charge is 0.0929 e. The molecule has 1 fully saturated rings. The minimum atomic E-state index is -0.623. The van der Waals surface area contributed by atoms with Gasteiger partial charge in [0.25, 0.3) is 0 Å². The second-order valence-corrected chi connectivity index (χ2v) is 6.13. The lowest BCUT2D eigenvalue weighted by Gasteiger charge is -2.26. The van der Waals surface area contributed by atoms with E-state index in [4.69, 9.17) is 23.2 Å². The average molecular weight is 317 g/mol.